The molecule has 4 rings (SSSR count). The maximum Gasteiger partial charge on any atom is 1.00 e. The van der Waals surface area contributed by atoms with Crippen LogP contribution in [0.3, 0.4) is 0 Å². The van der Waals surface area contributed by atoms with Gasteiger partial charge in [-0.2, -0.15) is 8.42 Å². The summed E-state index contributed by atoms with van der Waals surface area (Å²) in [5, 5.41) is 107. The summed E-state index contributed by atoms with van der Waals surface area (Å²) in [6, 6.07) is -6.01. The first-order valence-electron chi connectivity index (χ1n) is 18.4. The predicted molar refractivity (Wildman–Crippen MR) is 186 cm³/mol. The minimum Gasteiger partial charge on any atom is -0.394 e. The van der Waals surface area contributed by atoms with E-state index in [0.717, 1.165) is 20.8 Å². The van der Waals surface area contributed by atoms with Crippen molar-refractivity contribution in [3.05, 3.63) is 0 Å². The third-order valence-corrected chi connectivity index (χ3v) is 12.1. The summed E-state index contributed by atoms with van der Waals surface area (Å²) in [5.41, 5.74) is 0. The molecule has 20 atom stereocenters. The molecule has 30 heteroatoms. The molecule has 3 amide bonds. The fraction of sp³-hybridized carbons (Fsp3) is 0.903. The zero-order valence-electron chi connectivity index (χ0n) is 33.4. The molecule has 13 N–H and O–H groups in total. The van der Waals surface area contributed by atoms with Gasteiger partial charge in [-0.15, -0.1) is 0 Å². The Bertz CT molecular complexity index is 1550. The molecule has 0 aromatic rings. The van der Waals surface area contributed by atoms with Crippen LogP contribution in [0.4, 0.5) is 0 Å². The average molecular weight is 1030 g/mol. The van der Waals surface area contributed by atoms with E-state index < -0.39 is 177 Å². The molecule has 0 aromatic carbocycles. The molecule has 2 unspecified atom stereocenters. The predicted octanol–water partition coefficient (Wildman–Crippen LogP) is -15.6. The van der Waals surface area contributed by atoms with Gasteiger partial charge in [-0.25, -0.2) is 4.18 Å². The average Bonchev–Trinajstić information content (AvgIpc) is 3.19. The molecular weight excluding hydrogens is 978 g/mol. The molecule has 0 radical (unpaired) electrons. The van der Waals surface area contributed by atoms with Crippen LogP contribution in [0.5, 0.6) is 0 Å². The number of halogens is 1. The molecule has 27 nitrogen and oxygen atoms in total. The largest absolute Gasteiger partial charge is 1.00 e. The Morgan fingerprint density at radius 2 is 0.951 bits per heavy atom. The molecule has 0 bridgehead atoms. The van der Waals surface area contributed by atoms with Gasteiger partial charge in [0.15, 0.2) is 25.2 Å². The first-order valence-corrected chi connectivity index (χ1v) is 20.7. The Balaban J connectivity index is 0.00000992. The van der Waals surface area contributed by atoms with Crippen molar-refractivity contribution < 1.29 is 161 Å². The quantitative estimate of drug-likeness (QED) is 0.0475. The van der Waals surface area contributed by atoms with Crippen LogP contribution in [-0.2, 0) is 64.6 Å². The Kier molecular flexibility index (Phi) is 21.7. The summed E-state index contributed by atoms with van der Waals surface area (Å²) < 4.78 is 73.8. The number of hydrogen-bond donors (Lipinski definition) is 13. The van der Waals surface area contributed by atoms with Crippen molar-refractivity contribution in [3.8, 4) is 0 Å². The van der Waals surface area contributed by atoms with Crippen molar-refractivity contribution in [2.75, 3.05) is 33.5 Å². The van der Waals surface area contributed by atoms with Gasteiger partial charge in [0.05, 0.1) is 32.5 Å². The number of aliphatic hydroxyl groups excluding tert-OH is 9. The zero-order valence-corrected chi connectivity index (χ0v) is 38.6. The Hall–Kier alpha value is -0.670. The third kappa shape index (κ3) is 13.5. The van der Waals surface area contributed by atoms with Crippen LogP contribution in [0.25, 0.3) is 0 Å². The normalized spacial score (nSPS) is 41.9. The number of ether oxygens (including phenoxy) is 7. The first kappa shape index (κ1) is 54.7. The van der Waals surface area contributed by atoms with Gasteiger partial charge in [-0.3, -0.25) is 14.4 Å². The number of carbonyl (C=O) groups is 3. The van der Waals surface area contributed by atoms with E-state index in [-0.39, 0.29) is 29.6 Å². The van der Waals surface area contributed by atoms with E-state index in [1.165, 1.54) is 7.05 Å². The topological polar surface area (TPSA) is 399 Å². The SMILES string of the molecule is CN[C@H]1[C@H](O[C@H]2C(O)[C@@H](NC(C)=O)[C@H](O[C@H]3[C@H](O)[C@@H](NC(C)=O)[C@H](O[C@H]4C(O)[C@@H](NC(C)=O)[C@H](O)O[C@@H]4COS(=O)(=O)O[IH+])O[C@@H]3CO)O[C@@H]2CO)O[C@H](CO)[C@@H](O)[C@@H]1O.[Na+]. The molecule has 0 aromatic heterocycles. The molecule has 4 aliphatic heterocycles. The van der Waals surface area contributed by atoms with Gasteiger partial charge in [-0.05, 0) is 7.05 Å². The molecule has 4 fully saturated rings. The Labute approximate surface area is 385 Å². The maximum atomic E-state index is 12.5. The number of hydrogen-bond acceptors (Lipinski definition) is 24. The number of likely N-dealkylation sites (N-methyl/N-ethyl adjacent to an activating group) is 1. The second kappa shape index (κ2) is 24.2. The minimum absolute atomic E-state index is 0. The van der Waals surface area contributed by atoms with Crippen LogP contribution >= 0.6 is 0 Å². The van der Waals surface area contributed by atoms with Gasteiger partial charge in [0.25, 0.3) is 0 Å². The molecule has 4 aliphatic rings. The summed E-state index contributed by atoms with van der Waals surface area (Å²) in [6.45, 7) is -0.353. The Morgan fingerprint density at radius 3 is 1.34 bits per heavy atom. The van der Waals surface area contributed by atoms with Crippen molar-refractivity contribution in [2.24, 2.45) is 0 Å². The van der Waals surface area contributed by atoms with Gasteiger partial charge in [0.2, 0.25) is 17.7 Å². The molecule has 348 valence electrons. The van der Waals surface area contributed by atoms with E-state index >= 15 is 0 Å². The summed E-state index contributed by atoms with van der Waals surface area (Å²) in [7, 11) is -3.21. The van der Waals surface area contributed by atoms with Crippen LogP contribution in [0, 0.1) is 0 Å². The summed E-state index contributed by atoms with van der Waals surface area (Å²) in [4.78, 5) is 36.8. The van der Waals surface area contributed by atoms with Crippen molar-refractivity contribution in [1.82, 2.24) is 21.3 Å². The van der Waals surface area contributed by atoms with Crippen molar-refractivity contribution >= 4 is 28.1 Å². The molecule has 61 heavy (non-hydrogen) atoms. The summed E-state index contributed by atoms with van der Waals surface area (Å²) >= 11 is 0.709. The maximum absolute atomic E-state index is 12.5. The van der Waals surface area contributed by atoms with Gasteiger partial charge >= 0.3 is 63.0 Å². The van der Waals surface area contributed by atoms with E-state index in [1.807, 2.05) is 0 Å². The third-order valence-electron chi connectivity index (χ3n) is 10.1. The van der Waals surface area contributed by atoms with Crippen LogP contribution < -0.4 is 73.8 Å². The van der Waals surface area contributed by atoms with Gasteiger partial charge in [0.1, 0.15) is 91.4 Å². The fourth-order valence-electron chi connectivity index (χ4n) is 7.25. The standard InChI is InChI=1S/C31H53IN4O23S.Na/c1-9(40)34-16-22(45)27(15(52-28(16)48)8-51-60(49,50)59-32)58-31-19(36-11(3)42)24(47)26(14(7-39)55-31)57-30-18(35-10(2)41)23(46)25(13(6-38)54-30)56-29-17(33-4)21(44)20(43)12(5-37)53-29;/h12-33,37-39,43-48H,5-8H2,1-4H3,(H2-,34,35,36,40,41,42);/q;+1/p+1/t12-,13-,14-,15-,16-,17-,18-,19-,20-,21-,22?,23?,24-,25-,26-,27-,28-,29+,30+,31+;/m1./s1. The van der Waals surface area contributed by atoms with E-state index in [2.05, 4.69) is 23.8 Å². The number of nitrogens with one attached hydrogen (secondary N) is 4. The van der Waals surface area contributed by atoms with Crippen LogP contribution in [0.2, 0.25) is 0 Å². The molecular formula is C31H54IN4NaO23S+2. The van der Waals surface area contributed by atoms with E-state index in [0.29, 0.717) is 23.0 Å². The van der Waals surface area contributed by atoms with Crippen LogP contribution in [-0.4, -0.2) is 228 Å². The number of rotatable bonds is 17. The van der Waals surface area contributed by atoms with E-state index in [9.17, 15) is 68.8 Å². The molecule has 0 aliphatic carbocycles. The van der Waals surface area contributed by atoms with E-state index in [1.54, 1.807) is 0 Å². The van der Waals surface area contributed by atoms with Crippen molar-refractivity contribution in [3.63, 3.8) is 0 Å². The molecule has 4 heterocycles. The number of amides is 3. The van der Waals surface area contributed by atoms with Gasteiger partial charge in [-0.1, -0.05) is 0 Å². The first-order chi connectivity index (χ1) is 28.2. The number of carbonyl (C=O) groups excluding carboxylic acids is 3. The van der Waals surface area contributed by atoms with Crippen molar-refractivity contribution in [1.29, 1.82) is 0 Å². The summed E-state index contributed by atoms with van der Waals surface area (Å²) in [5.74, 6) is -2.26. The fourth-order valence-corrected chi connectivity index (χ4v) is 7.92. The minimum atomic E-state index is -4.62. The van der Waals surface area contributed by atoms with Gasteiger partial charge in [0, 0.05) is 23.3 Å². The van der Waals surface area contributed by atoms with Crippen molar-refractivity contribution in [2.45, 2.75) is 143 Å². The van der Waals surface area contributed by atoms with E-state index in [4.69, 9.17) is 37.3 Å². The molecule has 0 spiro atoms. The Morgan fingerprint density at radius 1 is 0.574 bits per heavy atom. The van der Waals surface area contributed by atoms with Crippen LogP contribution in [0.1, 0.15) is 20.8 Å². The zero-order chi connectivity index (χ0) is 44.8. The second-order valence-corrected chi connectivity index (χ2v) is 16.6. The smallest absolute Gasteiger partial charge is 0.394 e. The van der Waals surface area contributed by atoms with Gasteiger partial charge < -0.3 is 100 Å². The monoisotopic (exact) mass is 1030 g/mol. The second-order valence-electron chi connectivity index (χ2n) is 14.3. The van der Waals surface area contributed by atoms with Crippen LogP contribution in [0.15, 0.2) is 0 Å². The molecule has 4 saturated heterocycles. The summed E-state index contributed by atoms with van der Waals surface area (Å²) in [6.07, 6.45) is -27.1. The number of aliphatic hydroxyl groups is 9. The molecule has 0 saturated carbocycles.